The standard InChI is InChI=1S/C27H25FN6O3/c28-19-13-23(24(29)35)34(15-19)26(36)22-12-18-8-11-21(32-25(18)33-22)17-6-9-20(10-7-17)31-27(37)30-14-16-4-2-1-3-5-16/h1-12,19,23H,13-15H2,(H2,29,35)(H,32,33)(H2,30,31,37)/t19-,23-/m0/s1. The quantitative estimate of drug-likeness (QED) is 0.322. The molecule has 0 unspecified atom stereocenters. The van der Waals surface area contributed by atoms with Gasteiger partial charge in [0.25, 0.3) is 5.91 Å². The van der Waals surface area contributed by atoms with Crippen LogP contribution in [0.4, 0.5) is 14.9 Å². The summed E-state index contributed by atoms with van der Waals surface area (Å²) in [7, 11) is 0. The number of urea groups is 1. The number of halogens is 1. The molecule has 0 spiro atoms. The first-order chi connectivity index (χ1) is 17.9. The molecule has 1 aliphatic heterocycles. The first kappa shape index (κ1) is 24.0. The number of fused-ring (bicyclic) bond motifs is 1. The largest absolute Gasteiger partial charge is 0.368 e. The molecular weight excluding hydrogens is 475 g/mol. The predicted molar refractivity (Wildman–Crippen MR) is 137 cm³/mol. The molecule has 1 fully saturated rings. The molecule has 0 aliphatic carbocycles. The lowest BCUT2D eigenvalue weighted by molar-refractivity contribution is -0.121. The van der Waals surface area contributed by atoms with Crippen molar-refractivity contribution in [3.8, 4) is 11.3 Å². The Balaban J connectivity index is 1.26. The van der Waals surface area contributed by atoms with Gasteiger partial charge in [-0.2, -0.15) is 0 Å². The monoisotopic (exact) mass is 500 g/mol. The van der Waals surface area contributed by atoms with Gasteiger partial charge in [-0.3, -0.25) is 9.59 Å². The van der Waals surface area contributed by atoms with Gasteiger partial charge in [0.05, 0.1) is 12.2 Å². The Morgan fingerprint density at radius 3 is 2.54 bits per heavy atom. The Kier molecular flexibility index (Phi) is 6.55. The molecule has 10 heteroatoms. The van der Waals surface area contributed by atoms with Crippen molar-refractivity contribution in [3.05, 3.63) is 84.1 Å². The number of nitrogens with zero attached hydrogens (tertiary/aromatic N) is 2. The fourth-order valence-corrected chi connectivity index (χ4v) is 4.39. The van der Waals surface area contributed by atoms with Crippen LogP contribution < -0.4 is 16.4 Å². The van der Waals surface area contributed by atoms with Crippen LogP contribution in [0.25, 0.3) is 22.3 Å². The van der Waals surface area contributed by atoms with E-state index in [1.54, 1.807) is 18.2 Å². The lowest BCUT2D eigenvalue weighted by atomic mass is 10.1. The van der Waals surface area contributed by atoms with Crippen molar-refractivity contribution in [1.29, 1.82) is 0 Å². The number of rotatable bonds is 6. The molecule has 0 bridgehead atoms. The summed E-state index contributed by atoms with van der Waals surface area (Å²) in [6.07, 6.45) is -1.38. The van der Waals surface area contributed by atoms with E-state index in [1.165, 1.54) is 4.90 Å². The molecule has 188 valence electrons. The fourth-order valence-electron chi connectivity index (χ4n) is 4.39. The second-order valence-corrected chi connectivity index (χ2v) is 8.90. The van der Waals surface area contributed by atoms with Gasteiger partial charge in [0.2, 0.25) is 5.91 Å². The SMILES string of the molecule is NC(=O)[C@@H]1C[C@H](F)CN1C(=O)c1cc2ccc(-c3ccc(NC(=O)NCc4ccccc4)cc3)nc2[nH]1. The van der Waals surface area contributed by atoms with Crippen molar-refractivity contribution in [2.75, 3.05) is 11.9 Å². The second kappa shape index (κ2) is 10.1. The first-order valence-electron chi connectivity index (χ1n) is 11.8. The minimum absolute atomic E-state index is 0.0940. The van der Waals surface area contributed by atoms with Crippen molar-refractivity contribution in [2.45, 2.75) is 25.2 Å². The van der Waals surface area contributed by atoms with Gasteiger partial charge in [0, 0.05) is 29.6 Å². The number of alkyl halides is 1. The van der Waals surface area contributed by atoms with Crippen LogP contribution in [-0.2, 0) is 11.3 Å². The molecule has 5 rings (SSSR count). The molecule has 4 aromatic rings. The highest BCUT2D eigenvalue weighted by Crippen LogP contribution is 2.26. The molecule has 2 aromatic carbocycles. The second-order valence-electron chi connectivity index (χ2n) is 8.90. The molecule has 3 heterocycles. The molecule has 37 heavy (non-hydrogen) atoms. The van der Waals surface area contributed by atoms with E-state index in [0.717, 1.165) is 11.1 Å². The number of aromatic nitrogens is 2. The van der Waals surface area contributed by atoms with Gasteiger partial charge in [-0.05, 0) is 35.9 Å². The van der Waals surface area contributed by atoms with Crippen molar-refractivity contribution >= 4 is 34.6 Å². The molecule has 2 atom stereocenters. The van der Waals surface area contributed by atoms with E-state index in [4.69, 9.17) is 5.73 Å². The zero-order valence-electron chi connectivity index (χ0n) is 19.8. The Morgan fingerprint density at radius 1 is 1.05 bits per heavy atom. The number of hydrogen-bond donors (Lipinski definition) is 4. The number of benzene rings is 2. The Hall–Kier alpha value is -4.73. The first-order valence-corrected chi connectivity index (χ1v) is 11.8. The molecule has 1 aliphatic rings. The third-order valence-corrected chi connectivity index (χ3v) is 6.28. The molecule has 0 radical (unpaired) electrons. The summed E-state index contributed by atoms with van der Waals surface area (Å²) in [5.74, 6) is -1.22. The number of nitrogens with one attached hydrogen (secondary N) is 3. The lowest BCUT2D eigenvalue weighted by Crippen LogP contribution is -2.43. The topological polar surface area (TPSA) is 133 Å². The average Bonchev–Trinajstić information content (AvgIpc) is 3.51. The van der Waals surface area contributed by atoms with E-state index in [2.05, 4.69) is 20.6 Å². The molecule has 2 aromatic heterocycles. The smallest absolute Gasteiger partial charge is 0.319 e. The van der Waals surface area contributed by atoms with E-state index in [9.17, 15) is 18.8 Å². The van der Waals surface area contributed by atoms with Crippen LogP contribution in [0.2, 0.25) is 0 Å². The van der Waals surface area contributed by atoms with Crippen LogP contribution in [0.15, 0.2) is 72.8 Å². The average molecular weight is 501 g/mol. The van der Waals surface area contributed by atoms with E-state index in [0.29, 0.717) is 29.0 Å². The number of anilines is 1. The van der Waals surface area contributed by atoms with Gasteiger partial charge in [-0.25, -0.2) is 14.2 Å². The molecule has 0 saturated carbocycles. The van der Waals surface area contributed by atoms with Crippen molar-refractivity contribution < 1.29 is 18.8 Å². The maximum absolute atomic E-state index is 13.9. The normalized spacial score (nSPS) is 17.1. The minimum atomic E-state index is -1.29. The molecule has 5 N–H and O–H groups in total. The third kappa shape index (κ3) is 5.27. The van der Waals surface area contributed by atoms with Gasteiger partial charge in [0.1, 0.15) is 23.6 Å². The summed E-state index contributed by atoms with van der Waals surface area (Å²) in [6, 6.07) is 20.8. The number of primary amides is 1. The van der Waals surface area contributed by atoms with Crippen LogP contribution in [0.3, 0.4) is 0 Å². The number of nitrogens with two attached hydrogens (primary N) is 1. The van der Waals surface area contributed by atoms with Gasteiger partial charge >= 0.3 is 6.03 Å². The summed E-state index contributed by atoms with van der Waals surface area (Å²) >= 11 is 0. The highest BCUT2D eigenvalue weighted by atomic mass is 19.1. The fraction of sp³-hybridized carbons (Fsp3) is 0.185. The van der Waals surface area contributed by atoms with E-state index in [-0.39, 0.29) is 24.7 Å². The van der Waals surface area contributed by atoms with Gasteiger partial charge in [-0.1, -0.05) is 42.5 Å². The minimum Gasteiger partial charge on any atom is -0.368 e. The number of carbonyl (C=O) groups is 3. The highest BCUT2D eigenvalue weighted by Gasteiger charge is 2.39. The van der Waals surface area contributed by atoms with Crippen LogP contribution in [-0.4, -0.2) is 51.5 Å². The maximum atomic E-state index is 13.9. The van der Waals surface area contributed by atoms with Crippen molar-refractivity contribution in [3.63, 3.8) is 0 Å². The number of aromatic amines is 1. The van der Waals surface area contributed by atoms with Crippen LogP contribution in [0.5, 0.6) is 0 Å². The predicted octanol–water partition coefficient (Wildman–Crippen LogP) is 3.59. The van der Waals surface area contributed by atoms with Gasteiger partial charge < -0.3 is 26.3 Å². The summed E-state index contributed by atoms with van der Waals surface area (Å²) in [5.41, 5.74) is 9.15. The Morgan fingerprint density at radius 2 is 1.81 bits per heavy atom. The number of amides is 4. The van der Waals surface area contributed by atoms with Crippen molar-refractivity contribution in [2.24, 2.45) is 5.73 Å². The van der Waals surface area contributed by atoms with Crippen LogP contribution >= 0.6 is 0 Å². The molecule has 4 amide bonds. The van der Waals surface area contributed by atoms with E-state index >= 15 is 0 Å². The summed E-state index contributed by atoms with van der Waals surface area (Å²) in [5, 5.41) is 6.31. The zero-order chi connectivity index (χ0) is 25.9. The number of pyridine rings is 1. The third-order valence-electron chi connectivity index (χ3n) is 6.28. The highest BCUT2D eigenvalue weighted by molar-refractivity contribution is 6.00. The van der Waals surface area contributed by atoms with Gasteiger partial charge in [0.15, 0.2) is 0 Å². The Bertz CT molecular complexity index is 1450. The lowest BCUT2D eigenvalue weighted by Gasteiger charge is -2.20. The van der Waals surface area contributed by atoms with E-state index in [1.807, 2.05) is 54.6 Å². The molecular formula is C27H25FN6O3. The van der Waals surface area contributed by atoms with Crippen LogP contribution in [0.1, 0.15) is 22.5 Å². The number of likely N-dealkylation sites (tertiary alicyclic amines) is 1. The molecule has 1 saturated heterocycles. The summed E-state index contributed by atoms with van der Waals surface area (Å²) in [6.45, 7) is 0.246. The molecule has 9 nitrogen and oxygen atoms in total. The number of hydrogen-bond acceptors (Lipinski definition) is 4. The zero-order valence-corrected chi connectivity index (χ0v) is 19.8. The Labute approximate surface area is 211 Å². The summed E-state index contributed by atoms with van der Waals surface area (Å²) < 4.78 is 13.9. The maximum Gasteiger partial charge on any atom is 0.319 e. The number of H-pyrrole nitrogens is 1. The van der Waals surface area contributed by atoms with Gasteiger partial charge in [-0.15, -0.1) is 0 Å². The van der Waals surface area contributed by atoms with E-state index < -0.39 is 24.0 Å². The number of carbonyl (C=O) groups excluding carboxylic acids is 3. The summed E-state index contributed by atoms with van der Waals surface area (Å²) in [4.78, 5) is 45.5. The van der Waals surface area contributed by atoms with Crippen molar-refractivity contribution in [1.82, 2.24) is 20.2 Å². The van der Waals surface area contributed by atoms with Crippen LogP contribution in [0, 0.1) is 0 Å².